The Labute approximate surface area is 126 Å². The van der Waals surface area contributed by atoms with Gasteiger partial charge in [0.05, 0.1) is 13.2 Å². The predicted molar refractivity (Wildman–Crippen MR) is 79.2 cm³/mol. The molecule has 0 saturated carbocycles. The van der Waals surface area contributed by atoms with E-state index in [1.165, 1.54) is 11.0 Å². The maximum Gasteiger partial charge on any atom is 0.334 e. The van der Waals surface area contributed by atoms with E-state index < -0.39 is 12.1 Å². The molecule has 6 nitrogen and oxygen atoms in total. The molecule has 1 unspecified atom stereocenters. The van der Waals surface area contributed by atoms with E-state index in [9.17, 15) is 9.59 Å². The molecule has 1 N–H and O–H groups in total. The highest BCUT2D eigenvalue weighted by molar-refractivity contribution is 5.92. The van der Waals surface area contributed by atoms with Crippen LogP contribution in [0.15, 0.2) is 40.8 Å². The molecule has 1 amide bonds. The first kappa shape index (κ1) is 14.3. The van der Waals surface area contributed by atoms with Gasteiger partial charge in [0.1, 0.15) is 11.3 Å². The maximum absolute atomic E-state index is 12.1. The lowest BCUT2D eigenvalue weighted by Gasteiger charge is -2.29. The van der Waals surface area contributed by atoms with Crippen LogP contribution in [-0.2, 0) is 14.3 Å². The van der Waals surface area contributed by atoms with Gasteiger partial charge in [-0.25, -0.2) is 4.79 Å². The first-order chi connectivity index (χ1) is 10.6. The quantitative estimate of drug-likeness (QED) is 0.874. The molecule has 0 spiro atoms. The number of carbonyl (C=O) groups excluding carboxylic acids is 1. The molecule has 1 aliphatic heterocycles. The van der Waals surface area contributed by atoms with Gasteiger partial charge >= 0.3 is 5.97 Å². The van der Waals surface area contributed by atoms with E-state index in [2.05, 4.69) is 0 Å². The monoisotopic (exact) mass is 301 g/mol. The smallest absolute Gasteiger partial charge is 0.334 e. The van der Waals surface area contributed by atoms with Crippen molar-refractivity contribution in [2.45, 2.75) is 6.10 Å². The fourth-order valence-corrected chi connectivity index (χ4v) is 2.34. The van der Waals surface area contributed by atoms with Gasteiger partial charge in [0.2, 0.25) is 5.91 Å². The average molecular weight is 301 g/mol. The largest absolute Gasteiger partial charge is 0.479 e. The minimum atomic E-state index is -1.06. The molecule has 0 bridgehead atoms. The second-order valence-electron chi connectivity index (χ2n) is 5.00. The third kappa shape index (κ3) is 3.01. The van der Waals surface area contributed by atoms with Gasteiger partial charge < -0.3 is 19.2 Å². The highest BCUT2D eigenvalue weighted by Gasteiger charge is 2.27. The summed E-state index contributed by atoms with van der Waals surface area (Å²) in [6.07, 6.45) is 2.02. The fourth-order valence-electron chi connectivity index (χ4n) is 2.34. The van der Waals surface area contributed by atoms with Gasteiger partial charge in [-0.1, -0.05) is 18.2 Å². The Balaban J connectivity index is 1.69. The van der Waals surface area contributed by atoms with E-state index in [1.54, 1.807) is 6.08 Å². The minimum Gasteiger partial charge on any atom is -0.479 e. The zero-order valence-corrected chi connectivity index (χ0v) is 11.8. The highest BCUT2D eigenvalue weighted by atomic mass is 16.5. The van der Waals surface area contributed by atoms with Crippen LogP contribution >= 0.6 is 0 Å². The van der Waals surface area contributed by atoms with E-state index >= 15 is 0 Å². The third-order valence-electron chi connectivity index (χ3n) is 3.49. The van der Waals surface area contributed by atoms with Crippen LogP contribution in [0.3, 0.4) is 0 Å². The van der Waals surface area contributed by atoms with Crippen LogP contribution in [0.5, 0.6) is 0 Å². The van der Waals surface area contributed by atoms with E-state index in [4.69, 9.17) is 14.3 Å². The van der Waals surface area contributed by atoms with Crippen molar-refractivity contribution in [1.82, 2.24) is 4.90 Å². The summed E-state index contributed by atoms with van der Waals surface area (Å²) in [4.78, 5) is 24.5. The zero-order chi connectivity index (χ0) is 15.5. The number of para-hydroxylation sites is 1. The number of carboxylic acids is 1. The molecule has 0 radical (unpaired) electrons. The minimum absolute atomic E-state index is 0.0542. The molecule has 1 aromatic carbocycles. The number of morpholine rings is 1. The van der Waals surface area contributed by atoms with Gasteiger partial charge in [0.15, 0.2) is 6.10 Å². The number of ether oxygens (including phenoxy) is 1. The van der Waals surface area contributed by atoms with Crippen LogP contribution in [0.25, 0.3) is 17.0 Å². The first-order valence-electron chi connectivity index (χ1n) is 6.93. The molecule has 2 heterocycles. The van der Waals surface area contributed by atoms with Gasteiger partial charge in [-0.05, 0) is 18.2 Å². The van der Waals surface area contributed by atoms with Gasteiger partial charge in [-0.2, -0.15) is 0 Å². The normalized spacial score (nSPS) is 18.9. The molecule has 1 aromatic heterocycles. The Hall–Kier alpha value is -2.60. The number of carbonyl (C=O) groups is 2. The molecule has 0 aliphatic carbocycles. The van der Waals surface area contributed by atoms with E-state index in [-0.39, 0.29) is 19.1 Å². The van der Waals surface area contributed by atoms with Crippen LogP contribution in [0.4, 0.5) is 0 Å². The van der Waals surface area contributed by atoms with Crippen LogP contribution in [0.1, 0.15) is 5.76 Å². The Morgan fingerprint density at radius 2 is 2.14 bits per heavy atom. The number of carboxylic acid groups (broad SMARTS) is 1. The number of hydrogen-bond acceptors (Lipinski definition) is 4. The van der Waals surface area contributed by atoms with Crippen LogP contribution in [0, 0.1) is 0 Å². The Morgan fingerprint density at radius 1 is 1.32 bits per heavy atom. The molecular weight excluding hydrogens is 286 g/mol. The van der Waals surface area contributed by atoms with Crippen molar-refractivity contribution in [3.63, 3.8) is 0 Å². The van der Waals surface area contributed by atoms with Gasteiger partial charge in [0, 0.05) is 18.0 Å². The summed E-state index contributed by atoms with van der Waals surface area (Å²) in [6, 6.07) is 9.42. The van der Waals surface area contributed by atoms with E-state index in [0.717, 1.165) is 11.0 Å². The summed E-state index contributed by atoms with van der Waals surface area (Å²) < 4.78 is 10.7. The Bertz CT molecular complexity index is 700. The molecule has 3 rings (SSSR count). The molecule has 1 atom stereocenters. The van der Waals surface area contributed by atoms with Crippen molar-refractivity contribution < 1.29 is 23.8 Å². The number of nitrogens with zero attached hydrogens (tertiary/aromatic N) is 1. The highest BCUT2D eigenvalue weighted by Crippen LogP contribution is 2.19. The molecule has 2 aromatic rings. The summed E-state index contributed by atoms with van der Waals surface area (Å²) in [6.45, 7) is 0.660. The molecule has 22 heavy (non-hydrogen) atoms. The van der Waals surface area contributed by atoms with Crippen molar-refractivity contribution in [1.29, 1.82) is 0 Å². The summed E-state index contributed by atoms with van der Waals surface area (Å²) in [7, 11) is 0. The second-order valence-corrected chi connectivity index (χ2v) is 5.00. The number of hydrogen-bond donors (Lipinski definition) is 1. The van der Waals surface area contributed by atoms with Crippen LogP contribution < -0.4 is 0 Å². The number of benzene rings is 1. The maximum atomic E-state index is 12.1. The number of fused-ring (bicyclic) bond motifs is 1. The van der Waals surface area contributed by atoms with Gasteiger partial charge in [0.25, 0.3) is 0 Å². The number of aliphatic carboxylic acids is 1. The average Bonchev–Trinajstić information content (AvgIpc) is 2.95. The van der Waals surface area contributed by atoms with E-state index in [0.29, 0.717) is 12.3 Å². The number of amides is 1. The summed E-state index contributed by atoms with van der Waals surface area (Å²) in [5.74, 6) is -0.730. The SMILES string of the molecule is O=C(O)C1CN(C(=O)/C=C/c2cc3ccccc3o2)CCO1. The van der Waals surface area contributed by atoms with Crippen molar-refractivity contribution >= 4 is 28.9 Å². The van der Waals surface area contributed by atoms with Crippen molar-refractivity contribution in [3.05, 3.63) is 42.2 Å². The zero-order valence-electron chi connectivity index (χ0n) is 11.8. The number of rotatable bonds is 3. The molecule has 6 heteroatoms. The molecule has 1 aliphatic rings. The standard InChI is InChI=1S/C16H15NO5/c18-15(17-7-8-21-14(10-17)16(19)20)6-5-12-9-11-3-1-2-4-13(11)22-12/h1-6,9,14H,7-8,10H2,(H,19,20)/b6-5+. The third-order valence-corrected chi connectivity index (χ3v) is 3.49. The molecule has 1 fully saturated rings. The predicted octanol–water partition coefficient (Wildman–Crippen LogP) is 1.76. The van der Waals surface area contributed by atoms with Crippen LogP contribution in [-0.4, -0.2) is 47.7 Å². The Kier molecular flexibility index (Phi) is 3.93. The van der Waals surface area contributed by atoms with Crippen molar-refractivity contribution in [3.8, 4) is 0 Å². The Morgan fingerprint density at radius 3 is 2.91 bits per heavy atom. The fraction of sp³-hybridized carbons (Fsp3) is 0.250. The summed E-state index contributed by atoms with van der Waals surface area (Å²) >= 11 is 0. The van der Waals surface area contributed by atoms with Gasteiger partial charge in [-0.15, -0.1) is 0 Å². The van der Waals surface area contributed by atoms with Crippen molar-refractivity contribution in [2.24, 2.45) is 0 Å². The molecular formula is C16H15NO5. The van der Waals surface area contributed by atoms with Gasteiger partial charge in [-0.3, -0.25) is 4.79 Å². The molecule has 1 saturated heterocycles. The molecule has 114 valence electrons. The lowest BCUT2D eigenvalue weighted by Crippen LogP contribution is -2.48. The summed E-state index contributed by atoms with van der Waals surface area (Å²) in [5, 5.41) is 9.90. The summed E-state index contributed by atoms with van der Waals surface area (Å²) in [5.41, 5.74) is 0.756. The number of furan rings is 1. The lowest BCUT2D eigenvalue weighted by atomic mass is 10.2. The van der Waals surface area contributed by atoms with Crippen LogP contribution in [0.2, 0.25) is 0 Å². The van der Waals surface area contributed by atoms with Crippen molar-refractivity contribution in [2.75, 3.05) is 19.7 Å². The van der Waals surface area contributed by atoms with E-state index in [1.807, 2.05) is 30.3 Å². The second kappa shape index (κ2) is 6.03. The first-order valence-corrected chi connectivity index (χ1v) is 6.93. The topological polar surface area (TPSA) is 80.0 Å². The lowest BCUT2D eigenvalue weighted by molar-refractivity contribution is -0.158.